The first-order valence-corrected chi connectivity index (χ1v) is 8.24. The molecule has 138 valence electrons. The molecule has 1 aliphatic rings. The third-order valence-electron chi connectivity index (χ3n) is 3.50. The van der Waals surface area contributed by atoms with Gasteiger partial charge in [0.25, 0.3) is 0 Å². The van der Waals surface area contributed by atoms with E-state index in [4.69, 9.17) is 9.47 Å². The molecule has 1 heterocycles. The zero-order valence-corrected chi connectivity index (χ0v) is 15.1. The van der Waals surface area contributed by atoms with Crippen LogP contribution in [-0.2, 0) is 19.1 Å². The van der Waals surface area contributed by atoms with Crippen molar-refractivity contribution >= 4 is 17.9 Å². The van der Waals surface area contributed by atoms with Gasteiger partial charge in [0.15, 0.2) is 0 Å². The molecule has 8 nitrogen and oxygen atoms in total. The van der Waals surface area contributed by atoms with Gasteiger partial charge in [0.1, 0.15) is 12.1 Å². The second-order valence-corrected chi connectivity index (χ2v) is 6.71. The minimum atomic E-state index is -0.609. The molecule has 0 saturated carbocycles. The van der Waals surface area contributed by atoms with Crippen LogP contribution in [0.3, 0.4) is 0 Å². The first-order chi connectivity index (χ1) is 11.2. The number of carbonyl (C=O) groups is 3. The molecule has 3 amide bonds. The smallest absolute Gasteiger partial charge is 0.408 e. The van der Waals surface area contributed by atoms with Gasteiger partial charge in [0, 0.05) is 33.3 Å². The van der Waals surface area contributed by atoms with Crippen molar-refractivity contribution in [3.8, 4) is 0 Å². The topological polar surface area (TPSA) is 88.2 Å². The van der Waals surface area contributed by atoms with E-state index in [-0.39, 0.29) is 18.4 Å². The van der Waals surface area contributed by atoms with Crippen molar-refractivity contribution < 1.29 is 23.9 Å². The van der Waals surface area contributed by atoms with Gasteiger partial charge >= 0.3 is 6.09 Å². The van der Waals surface area contributed by atoms with Gasteiger partial charge in [-0.15, -0.1) is 0 Å². The Morgan fingerprint density at radius 3 is 2.12 bits per heavy atom. The molecule has 0 unspecified atom stereocenters. The summed E-state index contributed by atoms with van der Waals surface area (Å²) in [5.74, 6) is -0.134. The van der Waals surface area contributed by atoms with Crippen LogP contribution in [0.2, 0.25) is 0 Å². The fraction of sp³-hybridized carbons (Fsp3) is 0.812. The molecule has 0 aromatic heterocycles. The number of alkyl carbamates (subject to hydrolysis) is 1. The molecular formula is C16H29N3O5. The third-order valence-corrected chi connectivity index (χ3v) is 3.50. The number of methoxy groups -OCH3 is 1. The van der Waals surface area contributed by atoms with E-state index in [1.54, 1.807) is 37.7 Å². The van der Waals surface area contributed by atoms with Crippen LogP contribution in [-0.4, -0.2) is 79.7 Å². The van der Waals surface area contributed by atoms with E-state index in [1.807, 2.05) is 0 Å². The molecule has 1 aliphatic heterocycles. The van der Waals surface area contributed by atoms with Crippen molar-refractivity contribution in [2.24, 2.45) is 0 Å². The predicted octanol–water partition coefficient (Wildman–Crippen LogP) is 0.609. The highest BCUT2D eigenvalue weighted by atomic mass is 16.6. The second kappa shape index (κ2) is 9.46. The summed E-state index contributed by atoms with van der Waals surface area (Å²) in [6, 6.07) is 0. The van der Waals surface area contributed by atoms with Crippen molar-refractivity contribution in [1.82, 2.24) is 15.1 Å². The van der Waals surface area contributed by atoms with Crippen LogP contribution < -0.4 is 5.32 Å². The summed E-state index contributed by atoms with van der Waals surface area (Å²) in [5, 5.41) is 2.47. The van der Waals surface area contributed by atoms with E-state index in [9.17, 15) is 14.4 Å². The highest BCUT2D eigenvalue weighted by Gasteiger charge is 2.23. The standard InChI is InChI=1S/C16H29N3O5/c1-16(2,3)24-15(22)17-12-14(21)19-8-5-7-18(9-10-19)13(20)6-11-23-4/h5-12H2,1-4H3,(H,17,22). The number of rotatable bonds is 5. The van der Waals surface area contributed by atoms with Crippen LogP contribution in [0.25, 0.3) is 0 Å². The number of amides is 3. The Morgan fingerprint density at radius 2 is 1.58 bits per heavy atom. The molecule has 0 aromatic carbocycles. The number of carbonyl (C=O) groups excluding carboxylic acids is 3. The van der Waals surface area contributed by atoms with Gasteiger partial charge in [-0.25, -0.2) is 4.79 Å². The Hall–Kier alpha value is -1.83. The molecule has 0 spiro atoms. The molecule has 0 atom stereocenters. The van der Waals surface area contributed by atoms with Crippen molar-refractivity contribution in [2.75, 3.05) is 46.4 Å². The number of hydrogen-bond acceptors (Lipinski definition) is 5. The van der Waals surface area contributed by atoms with Gasteiger partial charge in [-0.2, -0.15) is 0 Å². The normalized spacial score (nSPS) is 15.7. The summed E-state index contributed by atoms with van der Waals surface area (Å²) in [6.07, 6.45) is 0.462. The Morgan fingerprint density at radius 1 is 1.00 bits per heavy atom. The first-order valence-electron chi connectivity index (χ1n) is 8.24. The van der Waals surface area contributed by atoms with Crippen LogP contribution in [0.5, 0.6) is 0 Å². The van der Waals surface area contributed by atoms with Crippen molar-refractivity contribution in [3.05, 3.63) is 0 Å². The van der Waals surface area contributed by atoms with Gasteiger partial charge in [-0.3, -0.25) is 9.59 Å². The summed E-state index contributed by atoms with van der Waals surface area (Å²) >= 11 is 0. The van der Waals surface area contributed by atoms with Gasteiger partial charge < -0.3 is 24.6 Å². The minimum absolute atomic E-state index is 0.0398. The molecule has 1 fully saturated rings. The zero-order valence-electron chi connectivity index (χ0n) is 15.1. The van der Waals surface area contributed by atoms with E-state index >= 15 is 0 Å². The maximum Gasteiger partial charge on any atom is 0.408 e. The number of nitrogens with zero attached hydrogens (tertiary/aromatic N) is 2. The highest BCUT2D eigenvalue weighted by Crippen LogP contribution is 2.07. The molecule has 1 N–H and O–H groups in total. The maximum atomic E-state index is 12.2. The molecule has 0 radical (unpaired) electrons. The molecule has 0 bridgehead atoms. The lowest BCUT2D eigenvalue weighted by Crippen LogP contribution is -2.43. The Kier molecular flexibility index (Phi) is 7.97. The van der Waals surface area contributed by atoms with E-state index in [0.717, 1.165) is 6.42 Å². The fourth-order valence-corrected chi connectivity index (χ4v) is 2.34. The van der Waals surface area contributed by atoms with E-state index < -0.39 is 11.7 Å². The summed E-state index contributed by atoms with van der Waals surface area (Å²) in [4.78, 5) is 39.2. The average Bonchev–Trinajstić information content (AvgIpc) is 2.74. The molecule has 1 saturated heterocycles. The van der Waals surface area contributed by atoms with Crippen molar-refractivity contribution in [2.45, 2.75) is 39.2 Å². The van der Waals surface area contributed by atoms with Crippen molar-refractivity contribution in [3.63, 3.8) is 0 Å². The van der Waals surface area contributed by atoms with Gasteiger partial charge in [0.2, 0.25) is 11.8 Å². The Labute approximate surface area is 143 Å². The van der Waals surface area contributed by atoms with Crippen LogP contribution >= 0.6 is 0 Å². The zero-order chi connectivity index (χ0) is 18.2. The average molecular weight is 343 g/mol. The highest BCUT2D eigenvalue weighted by molar-refractivity contribution is 5.82. The first kappa shape index (κ1) is 20.2. The monoisotopic (exact) mass is 343 g/mol. The van der Waals surface area contributed by atoms with E-state index in [2.05, 4.69) is 5.32 Å². The SMILES string of the molecule is COCCC(=O)N1CCCN(C(=O)CNC(=O)OC(C)(C)C)CC1. The lowest BCUT2D eigenvalue weighted by molar-refractivity contribution is -0.133. The largest absolute Gasteiger partial charge is 0.444 e. The molecular weight excluding hydrogens is 314 g/mol. The summed E-state index contributed by atoms with van der Waals surface area (Å²) in [5.41, 5.74) is -0.598. The minimum Gasteiger partial charge on any atom is -0.444 e. The number of ether oxygens (including phenoxy) is 2. The van der Waals surface area contributed by atoms with Crippen molar-refractivity contribution in [1.29, 1.82) is 0 Å². The second-order valence-electron chi connectivity index (χ2n) is 6.71. The summed E-state index contributed by atoms with van der Waals surface area (Å²) in [6.45, 7) is 7.75. The van der Waals surface area contributed by atoms with Crippen LogP contribution in [0.4, 0.5) is 4.79 Å². The molecule has 24 heavy (non-hydrogen) atoms. The lowest BCUT2D eigenvalue weighted by atomic mass is 10.2. The molecule has 0 aromatic rings. The quantitative estimate of drug-likeness (QED) is 0.790. The number of nitrogens with one attached hydrogen (secondary N) is 1. The van der Waals surface area contributed by atoms with E-state index in [0.29, 0.717) is 39.2 Å². The predicted molar refractivity (Wildman–Crippen MR) is 88.5 cm³/mol. The Balaban J connectivity index is 2.39. The lowest BCUT2D eigenvalue weighted by Gasteiger charge is -2.23. The van der Waals surface area contributed by atoms with Crippen LogP contribution in [0, 0.1) is 0 Å². The third kappa shape index (κ3) is 7.63. The summed E-state index contributed by atoms with van der Waals surface area (Å²) in [7, 11) is 1.56. The van der Waals surface area contributed by atoms with E-state index in [1.165, 1.54) is 0 Å². The van der Waals surface area contributed by atoms with Gasteiger partial charge in [0.05, 0.1) is 13.0 Å². The molecule has 1 rings (SSSR count). The van der Waals surface area contributed by atoms with Gasteiger partial charge in [-0.05, 0) is 27.2 Å². The fourth-order valence-electron chi connectivity index (χ4n) is 2.34. The number of hydrogen-bond donors (Lipinski definition) is 1. The van der Waals surface area contributed by atoms with Gasteiger partial charge in [-0.1, -0.05) is 0 Å². The van der Waals surface area contributed by atoms with Crippen LogP contribution in [0.15, 0.2) is 0 Å². The van der Waals surface area contributed by atoms with Crippen LogP contribution in [0.1, 0.15) is 33.6 Å². The Bertz CT molecular complexity index is 447. The summed E-state index contributed by atoms with van der Waals surface area (Å²) < 4.78 is 10.0. The molecule has 8 heteroatoms. The molecule has 0 aliphatic carbocycles. The maximum absolute atomic E-state index is 12.2.